The number of likely N-dealkylation sites (tertiary alicyclic amines) is 1. The van der Waals surface area contributed by atoms with Gasteiger partial charge in [0.25, 0.3) is 0 Å². The number of hydrogen-bond donors (Lipinski definition) is 2. The van der Waals surface area contributed by atoms with Crippen LogP contribution in [0, 0.1) is 0 Å². The normalized spacial score (nSPS) is 15.5. The predicted octanol–water partition coefficient (Wildman–Crippen LogP) is 1.55. The zero-order valence-corrected chi connectivity index (χ0v) is 14.4. The van der Waals surface area contributed by atoms with Crippen LogP contribution < -0.4 is 10.6 Å². The third-order valence-corrected chi connectivity index (χ3v) is 4.52. The summed E-state index contributed by atoms with van der Waals surface area (Å²) < 4.78 is 0. The van der Waals surface area contributed by atoms with E-state index >= 15 is 0 Å². The van der Waals surface area contributed by atoms with Crippen LogP contribution in [0.15, 0.2) is 10.4 Å². The summed E-state index contributed by atoms with van der Waals surface area (Å²) in [6.45, 7) is 6.93. The van der Waals surface area contributed by atoms with Gasteiger partial charge < -0.3 is 15.5 Å². The third-order valence-electron chi connectivity index (χ3n) is 3.66. The molecule has 1 saturated heterocycles. The molecule has 2 N–H and O–H groups in total. The Morgan fingerprint density at radius 2 is 2.14 bits per heavy atom. The molecule has 1 fully saturated rings. The molecule has 0 bridgehead atoms. The molecule has 1 aliphatic heterocycles. The number of aromatic nitrogens is 1. The van der Waals surface area contributed by atoms with Gasteiger partial charge in [0.1, 0.15) is 5.01 Å². The quantitative estimate of drug-likeness (QED) is 0.637. The van der Waals surface area contributed by atoms with Crippen LogP contribution in [0.3, 0.4) is 0 Å². The summed E-state index contributed by atoms with van der Waals surface area (Å²) in [6.07, 6.45) is 2.22. The molecule has 0 atom stereocenters. The number of carbonyl (C=O) groups is 1. The average molecular weight is 323 g/mol. The minimum atomic E-state index is 0.136. The number of nitrogens with one attached hydrogen (secondary N) is 2. The van der Waals surface area contributed by atoms with Crippen LogP contribution in [0.2, 0.25) is 0 Å². The monoisotopic (exact) mass is 323 g/mol. The van der Waals surface area contributed by atoms with Gasteiger partial charge in [0.2, 0.25) is 5.91 Å². The Kier molecular flexibility index (Phi) is 6.18. The molecule has 1 aromatic rings. The zero-order valence-electron chi connectivity index (χ0n) is 13.6. The zero-order chi connectivity index (χ0) is 15.9. The smallest absolute Gasteiger partial charge is 0.241 e. The summed E-state index contributed by atoms with van der Waals surface area (Å²) in [4.78, 5) is 22.6. The Balaban J connectivity index is 1.75. The number of thiazole rings is 1. The van der Waals surface area contributed by atoms with Crippen molar-refractivity contribution in [2.75, 3.05) is 26.7 Å². The summed E-state index contributed by atoms with van der Waals surface area (Å²) >= 11 is 1.64. The van der Waals surface area contributed by atoms with Crippen molar-refractivity contribution in [3.63, 3.8) is 0 Å². The van der Waals surface area contributed by atoms with E-state index in [1.807, 2.05) is 4.90 Å². The largest absolute Gasteiger partial charge is 0.350 e. The molecule has 7 heteroatoms. The summed E-state index contributed by atoms with van der Waals surface area (Å²) in [5.41, 5.74) is 1.12. The Morgan fingerprint density at radius 1 is 1.41 bits per heavy atom. The standard InChI is InChI=1S/C15H25N5OS/c1-11(2)12-10-22-13(19-12)8-17-15(16-3)18-9-14(21)20-6-4-5-7-20/h10-11H,4-9H2,1-3H3,(H2,16,17,18). The van der Waals surface area contributed by atoms with Gasteiger partial charge in [-0.3, -0.25) is 9.79 Å². The molecule has 1 amide bonds. The maximum absolute atomic E-state index is 12.0. The number of aliphatic imine (C=N–C) groups is 1. The van der Waals surface area contributed by atoms with Gasteiger partial charge in [-0.1, -0.05) is 13.8 Å². The maximum Gasteiger partial charge on any atom is 0.241 e. The number of guanidine groups is 1. The molecular weight excluding hydrogens is 298 g/mol. The van der Waals surface area contributed by atoms with Crippen molar-refractivity contribution in [3.05, 3.63) is 16.1 Å². The highest BCUT2D eigenvalue weighted by Crippen LogP contribution is 2.17. The summed E-state index contributed by atoms with van der Waals surface area (Å²) in [6, 6.07) is 0. The van der Waals surface area contributed by atoms with Crippen molar-refractivity contribution in [1.82, 2.24) is 20.5 Å². The second kappa shape index (κ2) is 8.12. The highest BCUT2D eigenvalue weighted by molar-refractivity contribution is 7.09. The number of rotatable bonds is 5. The van der Waals surface area contributed by atoms with E-state index in [9.17, 15) is 4.79 Å². The highest BCUT2D eigenvalue weighted by atomic mass is 32.1. The third kappa shape index (κ3) is 4.69. The Morgan fingerprint density at radius 3 is 2.73 bits per heavy atom. The van der Waals surface area contributed by atoms with Crippen molar-refractivity contribution < 1.29 is 4.79 Å². The fraction of sp³-hybridized carbons (Fsp3) is 0.667. The minimum absolute atomic E-state index is 0.136. The summed E-state index contributed by atoms with van der Waals surface area (Å²) in [7, 11) is 1.71. The molecule has 0 radical (unpaired) electrons. The molecule has 6 nitrogen and oxygen atoms in total. The van der Waals surface area contributed by atoms with Crippen molar-refractivity contribution in [1.29, 1.82) is 0 Å². The van der Waals surface area contributed by atoms with Crippen LogP contribution in [-0.2, 0) is 11.3 Å². The average Bonchev–Trinajstić information content (AvgIpc) is 3.18. The van der Waals surface area contributed by atoms with Crippen LogP contribution in [0.5, 0.6) is 0 Å². The predicted molar refractivity (Wildman–Crippen MR) is 90.2 cm³/mol. The van der Waals surface area contributed by atoms with Gasteiger partial charge in [-0.2, -0.15) is 0 Å². The van der Waals surface area contributed by atoms with E-state index in [-0.39, 0.29) is 12.5 Å². The lowest BCUT2D eigenvalue weighted by Crippen LogP contribution is -2.43. The van der Waals surface area contributed by atoms with Crippen molar-refractivity contribution in [2.45, 2.75) is 39.2 Å². The molecule has 0 spiro atoms. The molecule has 122 valence electrons. The molecule has 0 aromatic carbocycles. The van der Waals surface area contributed by atoms with Crippen LogP contribution in [0.1, 0.15) is 43.3 Å². The fourth-order valence-electron chi connectivity index (χ4n) is 2.29. The summed E-state index contributed by atoms with van der Waals surface area (Å²) in [5, 5.41) is 9.39. The van der Waals surface area contributed by atoms with Crippen LogP contribution in [0.4, 0.5) is 0 Å². The Labute approximate surface area is 136 Å². The number of amides is 1. The van der Waals surface area contributed by atoms with E-state index in [0.717, 1.165) is 36.6 Å². The van der Waals surface area contributed by atoms with E-state index in [2.05, 4.69) is 39.8 Å². The van der Waals surface area contributed by atoms with Gasteiger partial charge in [-0.15, -0.1) is 11.3 Å². The van der Waals surface area contributed by atoms with Crippen molar-refractivity contribution in [2.24, 2.45) is 4.99 Å². The Bertz CT molecular complexity index is 520. The van der Waals surface area contributed by atoms with Crippen LogP contribution >= 0.6 is 11.3 Å². The fourth-order valence-corrected chi connectivity index (χ4v) is 3.18. The van der Waals surface area contributed by atoms with Gasteiger partial charge in [0, 0.05) is 25.5 Å². The molecule has 0 saturated carbocycles. The number of nitrogens with zero attached hydrogens (tertiary/aromatic N) is 3. The van der Waals surface area contributed by atoms with E-state index in [1.165, 1.54) is 0 Å². The maximum atomic E-state index is 12.0. The SMILES string of the molecule is CN=C(NCC(=O)N1CCCC1)NCc1nc(C(C)C)cs1. The van der Waals surface area contributed by atoms with E-state index in [4.69, 9.17) is 0 Å². The lowest BCUT2D eigenvalue weighted by molar-refractivity contribution is -0.128. The first kappa shape index (κ1) is 16.7. The van der Waals surface area contributed by atoms with Crippen molar-refractivity contribution in [3.8, 4) is 0 Å². The van der Waals surface area contributed by atoms with Gasteiger partial charge >= 0.3 is 0 Å². The number of hydrogen-bond acceptors (Lipinski definition) is 4. The van der Waals surface area contributed by atoms with Crippen LogP contribution in [-0.4, -0.2) is 48.4 Å². The van der Waals surface area contributed by atoms with Gasteiger partial charge in [-0.05, 0) is 18.8 Å². The molecule has 22 heavy (non-hydrogen) atoms. The minimum Gasteiger partial charge on any atom is -0.350 e. The summed E-state index contributed by atoms with van der Waals surface area (Å²) in [5.74, 6) is 1.21. The van der Waals surface area contributed by atoms with E-state index in [1.54, 1.807) is 18.4 Å². The molecule has 1 aromatic heterocycles. The van der Waals surface area contributed by atoms with Gasteiger partial charge in [0.15, 0.2) is 5.96 Å². The van der Waals surface area contributed by atoms with Crippen LogP contribution in [0.25, 0.3) is 0 Å². The highest BCUT2D eigenvalue weighted by Gasteiger charge is 2.17. The van der Waals surface area contributed by atoms with Crippen molar-refractivity contribution >= 4 is 23.2 Å². The lowest BCUT2D eigenvalue weighted by atomic mass is 10.2. The number of carbonyl (C=O) groups excluding carboxylic acids is 1. The lowest BCUT2D eigenvalue weighted by Gasteiger charge is -2.17. The van der Waals surface area contributed by atoms with Gasteiger partial charge in [-0.25, -0.2) is 4.98 Å². The molecule has 0 aliphatic carbocycles. The second-order valence-corrected chi connectivity index (χ2v) is 6.63. The van der Waals surface area contributed by atoms with E-state index < -0.39 is 0 Å². The first-order chi connectivity index (χ1) is 10.6. The molecule has 0 unspecified atom stereocenters. The van der Waals surface area contributed by atoms with E-state index in [0.29, 0.717) is 18.4 Å². The molecule has 1 aliphatic rings. The topological polar surface area (TPSA) is 69.6 Å². The molecular formula is C15H25N5OS. The molecule has 2 rings (SSSR count). The first-order valence-electron chi connectivity index (χ1n) is 7.76. The second-order valence-electron chi connectivity index (χ2n) is 5.69. The Hall–Kier alpha value is -1.63. The molecule has 2 heterocycles. The first-order valence-corrected chi connectivity index (χ1v) is 8.64. The van der Waals surface area contributed by atoms with Gasteiger partial charge in [0.05, 0.1) is 18.8 Å².